The number of anilines is 1. The van der Waals surface area contributed by atoms with Crippen molar-refractivity contribution in [3.05, 3.63) is 12.7 Å². The number of aliphatic hydroxyl groups excluding tert-OH is 1. The molecule has 10 nitrogen and oxygen atoms in total. The summed E-state index contributed by atoms with van der Waals surface area (Å²) in [5, 5.41) is 9.89. The van der Waals surface area contributed by atoms with Gasteiger partial charge in [0.25, 0.3) is 0 Å². The van der Waals surface area contributed by atoms with E-state index in [1.165, 1.54) is 17.2 Å². The Morgan fingerprint density at radius 3 is 2.87 bits per heavy atom. The Bertz CT molecular complexity index is 771. The first kappa shape index (κ1) is 16.6. The molecule has 3 rings (SSSR count). The second-order valence-corrected chi connectivity index (χ2v) is 7.54. The zero-order valence-corrected chi connectivity index (χ0v) is 13.1. The van der Waals surface area contributed by atoms with Gasteiger partial charge >= 0.3 is 6.72 Å². The number of halogens is 1. The van der Waals surface area contributed by atoms with Gasteiger partial charge < -0.3 is 29.9 Å². The maximum atomic E-state index is 14.3. The number of imidazole rings is 1. The summed E-state index contributed by atoms with van der Waals surface area (Å²) in [7, 11) is 0. The lowest BCUT2D eigenvalue weighted by Crippen LogP contribution is -2.31. The lowest BCUT2D eigenvalue weighted by atomic mass is 10.1. The molecule has 13 heteroatoms. The van der Waals surface area contributed by atoms with E-state index in [2.05, 4.69) is 31.3 Å². The second kappa shape index (κ2) is 5.98. The van der Waals surface area contributed by atoms with Gasteiger partial charge in [-0.15, -0.1) is 0 Å². The second-order valence-electron chi connectivity index (χ2n) is 4.87. The highest BCUT2D eigenvalue weighted by atomic mass is 32.5. The number of ether oxygens (including phenoxy) is 1. The van der Waals surface area contributed by atoms with Crippen LogP contribution in [0.4, 0.5) is 10.2 Å². The molecule has 2 aromatic rings. The van der Waals surface area contributed by atoms with Crippen molar-refractivity contribution in [1.29, 1.82) is 0 Å². The molecular weight excluding hydrogens is 352 g/mol. The number of alkyl halides is 1. The highest BCUT2D eigenvalue weighted by Gasteiger charge is 2.46. The van der Waals surface area contributed by atoms with Crippen LogP contribution in [-0.2, 0) is 21.1 Å². The number of fused-ring (bicyclic) bond motifs is 1. The molecule has 0 unspecified atom stereocenters. The maximum absolute atomic E-state index is 14.3. The number of aliphatic hydroxyl groups is 1. The quantitative estimate of drug-likeness (QED) is 0.509. The predicted octanol–water partition coefficient (Wildman–Crippen LogP) is -0.769. The first-order chi connectivity index (χ1) is 10.8. The number of nitrogen functional groups attached to an aromatic ring is 1. The molecule has 0 saturated carbocycles. The highest BCUT2D eigenvalue weighted by molar-refractivity contribution is 8.06. The van der Waals surface area contributed by atoms with E-state index in [-0.39, 0.29) is 17.0 Å². The molecule has 0 amide bonds. The molecule has 126 valence electrons. The number of hydrogen-bond acceptors (Lipinski definition) is 8. The predicted molar refractivity (Wildman–Crippen MR) is 79.2 cm³/mol. The van der Waals surface area contributed by atoms with Gasteiger partial charge in [-0.3, -0.25) is 4.57 Å². The van der Waals surface area contributed by atoms with Gasteiger partial charge in [0.2, 0.25) is 0 Å². The van der Waals surface area contributed by atoms with Crippen LogP contribution in [0.1, 0.15) is 6.23 Å². The molecule has 3 heterocycles. The van der Waals surface area contributed by atoms with Crippen LogP contribution in [0.5, 0.6) is 0 Å². The Morgan fingerprint density at radius 2 is 2.17 bits per heavy atom. The molecule has 0 aromatic carbocycles. The zero-order chi connectivity index (χ0) is 16.8. The Kier molecular flexibility index (Phi) is 4.31. The highest BCUT2D eigenvalue weighted by Crippen LogP contribution is 2.39. The van der Waals surface area contributed by atoms with Gasteiger partial charge in [0.05, 0.1) is 12.9 Å². The van der Waals surface area contributed by atoms with Crippen molar-refractivity contribution in [3.63, 3.8) is 0 Å². The standard InChI is InChI=1S/C10H13FN5O5PS/c11-5-7(17)4(1-20-22(18,19)23)21-10(5)16-3-15-6-8(12)13-2-14-9(6)16/h2-5,7,10,17H,1H2,(H2,12,13,14)(H2,18,19,23)/t4-,5+,7+,10-/m1/s1. The molecule has 0 spiro atoms. The minimum absolute atomic E-state index is 0.129. The number of rotatable bonds is 4. The average Bonchev–Trinajstić information content (AvgIpc) is 3.01. The van der Waals surface area contributed by atoms with E-state index in [0.717, 1.165) is 0 Å². The van der Waals surface area contributed by atoms with Crippen molar-refractivity contribution in [3.8, 4) is 0 Å². The topological polar surface area (TPSA) is 149 Å². The first-order valence-corrected chi connectivity index (χ1v) is 9.01. The fourth-order valence-corrected chi connectivity index (χ4v) is 2.82. The van der Waals surface area contributed by atoms with Crippen molar-refractivity contribution in [2.45, 2.75) is 24.6 Å². The van der Waals surface area contributed by atoms with Gasteiger partial charge in [-0.05, 0) is 11.8 Å². The van der Waals surface area contributed by atoms with Crippen molar-refractivity contribution in [1.82, 2.24) is 19.5 Å². The van der Waals surface area contributed by atoms with Gasteiger partial charge in [-0.25, -0.2) is 19.3 Å². The molecule has 1 fully saturated rings. The molecule has 0 radical (unpaired) electrons. The van der Waals surface area contributed by atoms with Crippen LogP contribution in [0.3, 0.4) is 0 Å². The third-order valence-corrected chi connectivity index (χ3v) is 4.16. The normalized spacial score (nSPS) is 28.5. The summed E-state index contributed by atoms with van der Waals surface area (Å²) in [5.41, 5.74) is 6.18. The summed E-state index contributed by atoms with van der Waals surface area (Å²) in [6, 6.07) is 0. The van der Waals surface area contributed by atoms with Crippen molar-refractivity contribution >= 4 is 35.5 Å². The zero-order valence-electron chi connectivity index (χ0n) is 11.4. The Morgan fingerprint density at radius 1 is 1.43 bits per heavy atom. The molecule has 4 atom stereocenters. The summed E-state index contributed by atoms with van der Waals surface area (Å²) in [6.07, 6.45) is -3.25. The lowest BCUT2D eigenvalue weighted by Gasteiger charge is -2.16. The van der Waals surface area contributed by atoms with Gasteiger partial charge in [-0.2, -0.15) is 0 Å². The van der Waals surface area contributed by atoms with Crippen molar-refractivity contribution in [2.75, 3.05) is 12.3 Å². The van der Waals surface area contributed by atoms with Gasteiger partial charge in [-0.1, -0.05) is 0 Å². The average molecular weight is 365 g/mol. The van der Waals surface area contributed by atoms with Crippen LogP contribution in [-0.4, -0.2) is 59.4 Å². The molecule has 0 bridgehead atoms. The number of nitrogens with zero attached hydrogens (tertiary/aromatic N) is 4. The van der Waals surface area contributed by atoms with Crippen LogP contribution >= 0.6 is 6.72 Å². The third-order valence-electron chi connectivity index (χ3n) is 3.36. The van der Waals surface area contributed by atoms with Crippen LogP contribution in [0.15, 0.2) is 12.7 Å². The molecule has 5 N–H and O–H groups in total. The molecule has 2 aromatic heterocycles. The molecule has 0 aliphatic carbocycles. The van der Waals surface area contributed by atoms with Crippen LogP contribution in [0.25, 0.3) is 11.2 Å². The minimum Gasteiger partial charge on any atom is -0.387 e. The Balaban J connectivity index is 1.85. The van der Waals surface area contributed by atoms with E-state index >= 15 is 0 Å². The van der Waals surface area contributed by atoms with Gasteiger partial charge in [0, 0.05) is 0 Å². The first-order valence-electron chi connectivity index (χ1n) is 6.38. The van der Waals surface area contributed by atoms with Crippen LogP contribution in [0.2, 0.25) is 0 Å². The minimum atomic E-state index is -3.93. The van der Waals surface area contributed by atoms with Crippen LogP contribution in [0, 0.1) is 0 Å². The smallest absolute Gasteiger partial charge is 0.321 e. The molecule has 1 aliphatic rings. The summed E-state index contributed by atoms with van der Waals surface area (Å²) in [5.74, 6) is 0.129. The van der Waals surface area contributed by atoms with E-state index in [4.69, 9.17) is 20.3 Å². The maximum Gasteiger partial charge on any atom is 0.321 e. The molecular formula is C10H13FN5O5PS. The van der Waals surface area contributed by atoms with E-state index in [9.17, 15) is 9.50 Å². The largest absolute Gasteiger partial charge is 0.387 e. The van der Waals surface area contributed by atoms with E-state index in [0.29, 0.717) is 0 Å². The Hall–Kier alpha value is -1.27. The third kappa shape index (κ3) is 3.19. The van der Waals surface area contributed by atoms with Crippen molar-refractivity contribution in [2.24, 2.45) is 0 Å². The summed E-state index contributed by atoms with van der Waals surface area (Å²) in [6.45, 7) is -4.39. The Labute approximate surface area is 134 Å². The summed E-state index contributed by atoms with van der Waals surface area (Å²) >= 11 is 4.30. The van der Waals surface area contributed by atoms with Gasteiger partial charge in [0.1, 0.15) is 24.1 Å². The fraction of sp³-hybridized carbons (Fsp3) is 0.500. The molecule has 1 aliphatic heterocycles. The SMILES string of the molecule is Nc1ncnc2c1ncn2[C@@H]1O[C@H](COP(O)(O)=S)[C@H](O)[C@@H]1F. The lowest BCUT2D eigenvalue weighted by molar-refractivity contribution is -0.0429. The number of aromatic nitrogens is 4. The molecule has 1 saturated heterocycles. The van der Waals surface area contributed by atoms with E-state index < -0.39 is 37.9 Å². The van der Waals surface area contributed by atoms with E-state index in [1.54, 1.807) is 0 Å². The summed E-state index contributed by atoms with van der Waals surface area (Å²) in [4.78, 5) is 29.8. The number of hydrogen-bond donors (Lipinski definition) is 4. The van der Waals surface area contributed by atoms with Gasteiger partial charge in [0.15, 0.2) is 23.9 Å². The summed E-state index contributed by atoms with van der Waals surface area (Å²) < 4.78 is 25.6. The van der Waals surface area contributed by atoms with Crippen LogP contribution < -0.4 is 5.73 Å². The van der Waals surface area contributed by atoms with E-state index in [1.807, 2.05) is 0 Å². The van der Waals surface area contributed by atoms with Crippen molar-refractivity contribution < 1.29 is 28.5 Å². The number of nitrogens with two attached hydrogens (primary N) is 1. The monoisotopic (exact) mass is 365 g/mol. The fourth-order valence-electron chi connectivity index (χ4n) is 2.29. The molecule has 23 heavy (non-hydrogen) atoms.